The second-order valence-corrected chi connectivity index (χ2v) is 5.78. The molecule has 7 heteroatoms. The molecule has 1 saturated heterocycles. The molecule has 1 aromatic heterocycles. The summed E-state index contributed by atoms with van der Waals surface area (Å²) in [6.07, 6.45) is 4.33. The Hall–Kier alpha value is -1.76. The van der Waals surface area contributed by atoms with Crippen molar-refractivity contribution < 1.29 is 14.7 Å². The lowest BCUT2D eigenvalue weighted by atomic mass is 10.1. The number of nitrogens with zero attached hydrogens (tertiary/aromatic N) is 1. The van der Waals surface area contributed by atoms with Gasteiger partial charge in [-0.2, -0.15) is 0 Å². The van der Waals surface area contributed by atoms with E-state index < -0.39 is 23.3 Å². The van der Waals surface area contributed by atoms with Gasteiger partial charge in [0, 0.05) is 24.2 Å². The molecule has 2 rings (SSSR count). The zero-order chi connectivity index (χ0) is 14.7. The Labute approximate surface area is 120 Å². The van der Waals surface area contributed by atoms with Gasteiger partial charge >= 0.3 is 5.97 Å². The van der Waals surface area contributed by atoms with Crippen molar-refractivity contribution in [3.63, 3.8) is 0 Å². The number of pyridine rings is 1. The number of H-pyrrole nitrogens is 1. The monoisotopic (exact) mass is 296 g/mol. The fraction of sp³-hybridized carbons (Fsp3) is 0.462. The SMILES string of the molecule is CCCC1SCC(C(=O)O)N1C(=O)c1c[nH]ccc1=O. The Morgan fingerprint density at radius 1 is 1.55 bits per heavy atom. The van der Waals surface area contributed by atoms with Crippen LogP contribution in [0.25, 0.3) is 0 Å². The molecule has 0 spiro atoms. The number of hydrogen-bond donors (Lipinski definition) is 2. The quantitative estimate of drug-likeness (QED) is 0.869. The van der Waals surface area contributed by atoms with Gasteiger partial charge in [-0.3, -0.25) is 9.59 Å². The van der Waals surface area contributed by atoms with E-state index in [4.69, 9.17) is 0 Å². The van der Waals surface area contributed by atoms with E-state index in [0.717, 1.165) is 6.42 Å². The second-order valence-electron chi connectivity index (χ2n) is 4.57. The summed E-state index contributed by atoms with van der Waals surface area (Å²) in [5, 5.41) is 9.05. The van der Waals surface area contributed by atoms with Crippen molar-refractivity contribution in [1.29, 1.82) is 0 Å². The van der Waals surface area contributed by atoms with Gasteiger partial charge in [-0.05, 0) is 6.42 Å². The number of carbonyl (C=O) groups excluding carboxylic acids is 1. The number of nitrogens with one attached hydrogen (secondary N) is 1. The minimum absolute atomic E-state index is 0.0117. The molecule has 1 aromatic rings. The lowest BCUT2D eigenvalue weighted by Crippen LogP contribution is -2.46. The largest absolute Gasteiger partial charge is 0.480 e. The van der Waals surface area contributed by atoms with Crippen molar-refractivity contribution in [1.82, 2.24) is 9.88 Å². The normalized spacial score (nSPS) is 21.9. The first-order chi connectivity index (χ1) is 9.56. The maximum atomic E-state index is 12.5. The number of rotatable bonds is 4. The highest BCUT2D eigenvalue weighted by Crippen LogP contribution is 2.33. The summed E-state index contributed by atoms with van der Waals surface area (Å²) in [6, 6.07) is 0.393. The van der Waals surface area contributed by atoms with E-state index in [1.807, 2.05) is 6.92 Å². The van der Waals surface area contributed by atoms with E-state index in [0.29, 0.717) is 12.2 Å². The molecule has 2 N–H and O–H groups in total. The van der Waals surface area contributed by atoms with Crippen LogP contribution in [0.4, 0.5) is 0 Å². The summed E-state index contributed by atoms with van der Waals surface area (Å²) in [5.41, 5.74) is -0.410. The molecule has 0 aromatic carbocycles. The maximum absolute atomic E-state index is 12.5. The van der Waals surface area contributed by atoms with Crippen molar-refractivity contribution in [2.75, 3.05) is 5.75 Å². The van der Waals surface area contributed by atoms with Gasteiger partial charge in [0.2, 0.25) is 0 Å². The van der Waals surface area contributed by atoms with Gasteiger partial charge in [0.1, 0.15) is 11.6 Å². The maximum Gasteiger partial charge on any atom is 0.327 e. The zero-order valence-corrected chi connectivity index (χ0v) is 11.9. The average molecular weight is 296 g/mol. The van der Waals surface area contributed by atoms with Crippen LogP contribution >= 0.6 is 11.8 Å². The van der Waals surface area contributed by atoms with Crippen LogP contribution in [0, 0.1) is 0 Å². The van der Waals surface area contributed by atoms with Crippen LogP contribution < -0.4 is 5.43 Å². The Bertz CT molecular complexity index is 571. The molecule has 1 amide bonds. The number of thioether (sulfide) groups is 1. The smallest absolute Gasteiger partial charge is 0.327 e. The molecule has 2 atom stereocenters. The zero-order valence-electron chi connectivity index (χ0n) is 11.0. The van der Waals surface area contributed by atoms with Crippen LogP contribution in [0.2, 0.25) is 0 Å². The van der Waals surface area contributed by atoms with E-state index in [2.05, 4.69) is 4.98 Å². The lowest BCUT2D eigenvalue weighted by molar-refractivity contribution is -0.141. The van der Waals surface area contributed by atoms with Gasteiger partial charge in [-0.15, -0.1) is 11.8 Å². The molecule has 20 heavy (non-hydrogen) atoms. The van der Waals surface area contributed by atoms with Crippen LogP contribution in [0.1, 0.15) is 30.1 Å². The first kappa shape index (κ1) is 14.6. The summed E-state index contributed by atoms with van der Waals surface area (Å²) in [7, 11) is 0. The van der Waals surface area contributed by atoms with Crippen molar-refractivity contribution in [3.05, 3.63) is 34.2 Å². The van der Waals surface area contributed by atoms with Crippen LogP contribution in [-0.4, -0.2) is 44.0 Å². The summed E-state index contributed by atoms with van der Waals surface area (Å²) in [4.78, 5) is 39.6. The number of carbonyl (C=O) groups is 2. The number of aromatic amines is 1. The highest BCUT2D eigenvalue weighted by Gasteiger charge is 2.41. The molecule has 1 aliphatic rings. The van der Waals surface area contributed by atoms with Gasteiger partial charge in [-0.25, -0.2) is 4.79 Å². The first-order valence-corrected chi connectivity index (χ1v) is 7.45. The molecule has 108 valence electrons. The predicted molar refractivity (Wildman–Crippen MR) is 75.8 cm³/mol. The highest BCUT2D eigenvalue weighted by atomic mass is 32.2. The molecular weight excluding hydrogens is 280 g/mol. The fourth-order valence-electron chi connectivity index (χ4n) is 2.22. The molecule has 0 aliphatic carbocycles. The number of carboxylic acids is 1. The van der Waals surface area contributed by atoms with E-state index in [-0.39, 0.29) is 10.9 Å². The molecule has 0 radical (unpaired) electrons. The molecule has 0 saturated carbocycles. The van der Waals surface area contributed by atoms with Crippen molar-refractivity contribution in [3.8, 4) is 0 Å². The van der Waals surface area contributed by atoms with Crippen LogP contribution in [0.5, 0.6) is 0 Å². The molecule has 2 unspecified atom stereocenters. The van der Waals surface area contributed by atoms with Crippen LogP contribution in [0.15, 0.2) is 23.3 Å². The Morgan fingerprint density at radius 2 is 2.30 bits per heavy atom. The third kappa shape index (κ3) is 2.72. The molecule has 2 heterocycles. The number of aliphatic carboxylic acids is 1. The van der Waals surface area contributed by atoms with E-state index in [1.165, 1.54) is 35.1 Å². The summed E-state index contributed by atoms with van der Waals surface area (Å²) < 4.78 is 0. The standard InChI is InChI=1S/C13H16N2O4S/c1-2-3-11-15(9(7-20-11)13(18)19)12(17)8-6-14-5-4-10(8)16/h4-6,9,11H,2-3,7H2,1H3,(H,14,16)(H,18,19). The number of hydrogen-bond acceptors (Lipinski definition) is 4. The third-order valence-corrected chi connectivity index (χ3v) is 4.56. The third-order valence-electron chi connectivity index (χ3n) is 3.20. The minimum Gasteiger partial charge on any atom is -0.480 e. The first-order valence-electron chi connectivity index (χ1n) is 6.40. The van der Waals surface area contributed by atoms with Gasteiger partial charge in [-0.1, -0.05) is 13.3 Å². The summed E-state index contributed by atoms with van der Waals surface area (Å²) in [6.45, 7) is 1.98. The molecule has 1 fully saturated rings. The average Bonchev–Trinajstić information content (AvgIpc) is 2.83. The van der Waals surface area contributed by atoms with Crippen molar-refractivity contribution >= 4 is 23.6 Å². The second kappa shape index (κ2) is 6.13. The molecule has 6 nitrogen and oxygen atoms in total. The minimum atomic E-state index is -1.03. The fourth-order valence-corrected chi connectivity index (χ4v) is 3.73. The lowest BCUT2D eigenvalue weighted by Gasteiger charge is -2.26. The summed E-state index contributed by atoms with van der Waals surface area (Å²) in [5.74, 6) is -1.18. The molecular formula is C13H16N2O4S. The Morgan fingerprint density at radius 3 is 2.90 bits per heavy atom. The van der Waals surface area contributed by atoms with Crippen molar-refractivity contribution in [2.45, 2.75) is 31.2 Å². The van der Waals surface area contributed by atoms with Gasteiger partial charge in [0.15, 0.2) is 5.43 Å². The predicted octanol–water partition coefficient (Wildman–Crippen LogP) is 1.14. The van der Waals surface area contributed by atoms with Crippen LogP contribution in [-0.2, 0) is 4.79 Å². The molecule has 1 aliphatic heterocycles. The number of aromatic nitrogens is 1. The van der Waals surface area contributed by atoms with Crippen molar-refractivity contribution in [2.24, 2.45) is 0 Å². The van der Waals surface area contributed by atoms with Gasteiger partial charge in [0.05, 0.1) is 5.37 Å². The number of amides is 1. The number of carboxylic acid groups (broad SMARTS) is 1. The topological polar surface area (TPSA) is 90.5 Å². The van der Waals surface area contributed by atoms with E-state index >= 15 is 0 Å². The Kier molecular flexibility index (Phi) is 4.49. The van der Waals surface area contributed by atoms with E-state index in [9.17, 15) is 19.5 Å². The van der Waals surface area contributed by atoms with Crippen LogP contribution in [0.3, 0.4) is 0 Å². The Balaban J connectivity index is 2.34. The van der Waals surface area contributed by atoms with Gasteiger partial charge in [0.25, 0.3) is 5.91 Å². The highest BCUT2D eigenvalue weighted by molar-refractivity contribution is 8.00. The molecule has 0 bridgehead atoms. The van der Waals surface area contributed by atoms with Gasteiger partial charge < -0.3 is 15.0 Å². The summed E-state index contributed by atoms with van der Waals surface area (Å²) >= 11 is 1.45. The van der Waals surface area contributed by atoms with E-state index in [1.54, 1.807) is 0 Å².